The van der Waals surface area contributed by atoms with Crippen LogP contribution in [0.4, 0.5) is 0 Å². The molecule has 6 nitrogen and oxygen atoms in total. The van der Waals surface area contributed by atoms with E-state index in [1.165, 1.54) is 10.6 Å². The van der Waals surface area contributed by atoms with Crippen molar-refractivity contribution in [2.45, 2.75) is 18.8 Å². The van der Waals surface area contributed by atoms with Crippen LogP contribution in [0.5, 0.6) is 0 Å². The molecule has 1 aromatic heterocycles. The smallest absolute Gasteiger partial charge is 0.231 e. The summed E-state index contributed by atoms with van der Waals surface area (Å²) < 4.78 is 31.1. The van der Waals surface area contributed by atoms with Crippen molar-refractivity contribution >= 4 is 26.0 Å². The van der Waals surface area contributed by atoms with Gasteiger partial charge in [-0.25, -0.2) is 12.7 Å². The molecule has 2 aromatic rings. The Balaban J connectivity index is 1.84. The molecule has 22 heavy (non-hydrogen) atoms. The van der Waals surface area contributed by atoms with Gasteiger partial charge in [0.2, 0.25) is 21.7 Å². The van der Waals surface area contributed by atoms with E-state index in [4.69, 9.17) is 4.52 Å². The van der Waals surface area contributed by atoms with Crippen molar-refractivity contribution in [2.24, 2.45) is 0 Å². The van der Waals surface area contributed by atoms with Gasteiger partial charge in [0, 0.05) is 23.1 Å². The van der Waals surface area contributed by atoms with Crippen LogP contribution in [0.3, 0.4) is 0 Å². The van der Waals surface area contributed by atoms with E-state index in [9.17, 15) is 8.42 Å². The van der Waals surface area contributed by atoms with Crippen LogP contribution in [0.25, 0.3) is 11.4 Å². The summed E-state index contributed by atoms with van der Waals surface area (Å²) in [6, 6.07) is 7.64. The summed E-state index contributed by atoms with van der Waals surface area (Å²) in [5.74, 6) is 0.963. The predicted molar refractivity (Wildman–Crippen MR) is 85.8 cm³/mol. The van der Waals surface area contributed by atoms with Gasteiger partial charge in [-0.05, 0) is 25.0 Å². The molecule has 0 bridgehead atoms. The minimum absolute atomic E-state index is 0.0489. The Bertz CT molecular complexity index is 775. The molecule has 1 aliphatic heterocycles. The third-order valence-electron chi connectivity index (χ3n) is 3.76. The van der Waals surface area contributed by atoms with Crippen molar-refractivity contribution < 1.29 is 12.9 Å². The highest BCUT2D eigenvalue weighted by molar-refractivity contribution is 9.10. The minimum Gasteiger partial charge on any atom is -0.339 e. The molecule has 0 N–H and O–H groups in total. The van der Waals surface area contributed by atoms with E-state index in [0.717, 1.165) is 22.9 Å². The number of nitrogens with zero attached hydrogens (tertiary/aromatic N) is 3. The molecule has 1 fully saturated rings. The van der Waals surface area contributed by atoms with Gasteiger partial charge in [-0.1, -0.05) is 33.2 Å². The second-order valence-electron chi connectivity index (χ2n) is 5.40. The molecule has 0 aliphatic carbocycles. The number of piperidine rings is 1. The van der Waals surface area contributed by atoms with Crippen molar-refractivity contribution in [3.8, 4) is 11.4 Å². The molecule has 0 radical (unpaired) electrons. The fourth-order valence-electron chi connectivity index (χ4n) is 2.60. The first-order valence-corrected chi connectivity index (χ1v) is 9.63. The molecule has 1 atom stereocenters. The maximum Gasteiger partial charge on any atom is 0.231 e. The third kappa shape index (κ3) is 3.23. The van der Waals surface area contributed by atoms with Gasteiger partial charge in [0.25, 0.3) is 0 Å². The summed E-state index contributed by atoms with van der Waals surface area (Å²) in [6.45, 7) is 0.955. The van der Waals surface area contributed by atoms with Crippen LogP contribution < -0.4 is 0 Å². The number of hydrogen-bond acceptors (Lipinski definition) is 5. The summed E-state index contributed by atoms with van der Waals surface area (Å²) in [4.78, 5) is 4.45. The van der Waals surface area contributed by atoms with Crippen LogP contribution in [0.1, 0.15) is 24.7 Å². The van der Waals surface area contributed by atoms with Gasteiger partial charge in [-0.15, -0.1) is 0 Å². The van der Waals surface area contributed by atoms with Crippen LogP contribution in [0.15, 0.2) is 33.3 Å². The summed E-state index contributed by atoms with van der Waals surface area (Å²) in [5.41, 5.74) is 0.855. The fraction of sp³-hybridized carbons (Fsp3) is 0.429. The summed E-state index contributed by atoms with van der Waals surface area (Å²) in [5, 5.41) is 4.03. The zero-order valence-electron chi connectivity index (χ0n) is 12.1. The van der Waals surface area contributed by atoms with Crippen molar-refractivity contribution in [3.63, 3.8) is 0 Å². The molecule has 1 aromatic carbocycles. The average molecular weight is 386 g/mol. The van der Waals surface area contributed by atoms with E-state index in [-0.39, 0.29) is 5.92 Å². The van der Waals surface area contributed by atoms with E-state index in [1.54, 1.807) is 0 Å². The molecule has 8 heteroatoms. The fourth-order valence-corrected chi connectivity index (χ4v) is 3.97. The lowest BCUT2D eigenvalue weighted by molar-refractivity contribution is 0.266. The van der Waals surface area contributed by atoms with Gasteiger partial charge in [0.15, 0.2) is 0 Å². The number of sulfonamides is 1. The largest absolute Gasteiger partial charge is 0.339 e. The molecule has 0 spiro atoms. The van der Waals surface area contributed by atoms with Crippen molar-refractivity contribution in [2.75, 3.05) is 19.3 Å². The lowest BCUT2D eigenvalue weighted by Crippen LogP contribution is -2.38. The first-order valence-electron chi connectivity index (χ1n) is 6.99. The van der Waals surface area contributed by atoms with Gasteiger partial charge < -0.3 is 4.52 Å². The maximum absolute atomic E-state index is 11.7. The first-order chi connectivity index (χ1) is 10.4. The van der Waals surface area contributed by atoms with E-state index in [0.29, 0.717) is 24.8 Å². The molecule has 118 valence electrons. The van der Waals surface area contributed by atoms with Crippen molar-refractivity contribution in [1.82, 2.24) is 14.4 Å². The quantitative estimate of drug-likeness (QED) is 0.811. The van der Waals surface area contributed by atoms with Gasteiger partial charge in [0.1, 0.15) is 0 Å². The number of hydrogen-bond donors (Lipinski definition) is 0. The minimum atomic E-state index is -3.18. The second-order valence-corrected chi connectivity index (χ2v) is 8.23. The molecule has 0 amide bonds. The van der Waals surface area contributed by atoms with E-state index >= 15 is 0 Å². The van der Waals surface area contributed by atoms with Crippen LogP contribution in [0.2, 0.25) is 0 Å². The molecular formula is C14H16BrN3O3S. The van der Waals surface area contributed by atoms with Crippen LogP contribution in [-0.2, 0) is 10.0 Å². The first kappa shape index (κ1) is 15.6. The third-order valence-corrected chi connectivity index (χ3v) is 5.72. The van der Waals surface area contributed by atoms with Crippen LogP contribution >= 0.6 is 15.9 Å². The van der Waals surface area contributed by atoms with Gasteiger partial charge in [-0.2, -0.15) is 4.98 Å². The second kappa shape index (κ2) is 6.10. The molecule has 1 saturated heterocycles. The Kier molecular flexibility index (Phi) is 4.33. The monoisotopic (exact) mass is 385 g/mol. The standard InChI is InChI=1S/C14H16BrN3O3S/c1-22(19,20)18-8-4-5-10(9-18)14-16-13(17-21-14)11-6-2-3-7-12(11)15/h2-3,6-7,10H,4-5,8-9H2,1H3/t10-/m1/s1. The SMILES string of the molecule is CS(=O)(=O)N1CCC[C@@H](c2nc(-c3ccccc3Br)no2)C1. The van der Waals surface area contributed by atoms with E-state index in [1.807, 2.05) is 24.3 Å². The lowest BCUT2D eigenvalue weighted by atomic mass is 10.00. The Hall–Kier alpha value is -1.25. The zero-order valence-corrected chi connectivity index (χ0v) is 14.5. The van der Waals surface area contributed by atoms with Gasteiger partial charge >= 0.3 is 0 Å². The average Bonchev–Trinajstić information content (AvgIpc) is 2.97. The Morgan fingerprint density at radius 2 is 2.14 bits per heavy atom. The Labute approximate surface area is 137 Å². The topological polar surface area (TPSA) is 76.3 Å². The number of aromatic nitrogens is 2. The molecule has 0 unspecified atom stereocenters. The van der Waals surface area contributed by atoms with Crippen LogP contribution in [-0.4, -0.2) is 42.2 Å². The molecule has 2 heterocycles. The summed E-state index contributed by atoms with van der Waals surface area (Å²) >= 11 is 3.46. The highest BCUT2D eigenvalue weighted by Crippen LogP contribution is 2.30. The maximum atomic E-state index is 11.7. The molecule has 0 saturated carbocycles. The normalized spacial score (nSPS) is 20.2. The summed E-state index contributed by atoms with van der Waals surface area (Å²) in [7, 11) is -3.18. The number of halogens is 1. The lowest BCUT2D eigenvalue weighted by Gasteiger charge is -2.28. The number of rotatable bonds is 3. The highest BCUT2D eigenvalue weighted by Gasteiger charge is 2.30. The van der Waals surface area contributed by atoms with Crippen molar-refractivity contribution in [1.29, 1.82) is 0 Å². The molecular weight excluding hydrogens is 370 g/mol. The van der Waals surface area contributed by atoms with E-state index < -0.39 is 10.0 Å². The molecule has 3 rings (SSSR count). The predicted octanol–water partition coefficient (Wildman–Crippen LogP) is 2.64. The van der Waals surface area contributed by atoms with Crippen molar-refractivity contribution in [3.05, 3.63) is 34.6 Å². The van der Waals surface area contributed by atoms with Gasteiger partial charge in [0.05, 0.1) is 12.2 Å². The highest BCUT2D eigenvalue weighted by atomic mass is 79.9. The molecule has 1 aliphatic rings. The van der Waals surface area contributed by atoms with Crippen LogP contribution in [0, 0.1) is 0 Å². The summed E-state index contributed by atoms with van der Waals surface area (Å²) in [6.07, 6.45) is 2.88. The van der Waals surface area contributed by atoms with Gasteiger partial charge in [-0.3, -0.25) is 0 Å². The Morgan fingerprint density at radius 3 is 2.86 bits per heavy atom. The Morgan fingerprint density at radius 1 is 1.36 bits per heavy atom. The zero-order chi connectivity index (χ0) is 15.7. The number of benzene rings is 1. The van der Waals surface area contributed by atoms with E-state index in [2.05, 4.69) is 26.1 Å².